The Morgan fingerprint density at radius 1 is 0.816 bits per heavy atom. The topological polar surface area (TPSA) is 108 Å². The number of hydrogen-bond acceptors (Lipinski definition) is 9. The molecule has 2 N–H and O–H groups in total. The van der Waals surface area contributed by atoms with Crippen molar-refractivity contribution in [3.05, 3.63) is 78.6 Å². The molecule has 0 bridgehead atoms. The van der Waals surface area contributed by atoms with Crippen molar-refractivity contribution in [1.82, 2.24) is 24.5 Å². The van der Waals surface area contributed by atoms with Crippen LogP contribution in [0.15, 0.2) is 73.1 Å². The van der Waals surface area contributed by atoms with Crippen LogP contribution < -0.4 is 24.8 Å². The van der Waals surface area contributed by atoms with Gasteiger partial charge in [-0.2, -0.15) is 4.98 Å². The van der Waals surface area contributed by atoms with Crippen LogP contribution in [0.25, 0.3) is 17.0 Å². The third-order valence-electron chi connectivity index (χ3n) is 6.01. The lowest BCUT2D eigenvalue weighted by Crippen LogP contribution is -2.11. The first-order valence-corrected chi connectivity index (χ1v) is 12.2. The standard InChI is InChI=1S/C28H29N7O3/c1-36-23-16-20(17-24(37-2)25(23)38-3)32-26-30-18-31-28(34-26)35-22-14-8-7-13-21(22)33-27(35)29-15-9-12-19-10-5-4-6-11-19/h4-8,10-11,13-14,16-18H,9,12,15H2,1-3H3,(H,29,33)(H,30,31,32,34). The molecule has 2 heterocycles. The van der Waals surface area contributed by atoms with Gasteiger partial charge in [0.25, 0.3) is 0 Å². The summed E-state index contributed by atoms with van der Waals surface area (Å²) in [6.45, 7) is 0.750. The Hall–Kier alpha value is -4.86. The lowest BCUT2D eigenvalue weighted by Gasteiger charge is -2.15. The van der Waals surface area contributed by atoms with Crippen molar-refractivity contribution in [2.45, 2.75) is 12.8 Å². The molecule has 0 aliphatic carbocycles. The van der Waals surface area contributed by atoms with Crippen LogP contribution in [0.4, 0.5) is 17.6 Å². The van der Waals surface area contributed by atoms with Crippen LogP contribution in [-0.2, 0) is 6.42 Å². The summed E-state index contributed by atoms with van der Waals surface area (Å²) in [7, 11) is 4.70. The quantitative estimate of drug-likeness (QED) is 0.236. The second-order valence-corrected chi connectivity index (χ2v) is 8.42. The number of aromatic nitrogens is 5. The van der Waals surface area contributed by atoms with Crippen LogP contribution in [0, 0.1) is 0 Å². The molecule has 0 radical (unpaired) electrons. The Balaban J connectivity index is 1.41. The highest BCUT2D eigenvalue weighted by Gasteiger charge is 2.17. The van der Waals surface area contributed by atoms with Gasteiger partial charge in [-0.3, -0.25) is 0 Å². The van der Waals surface area contributed by atoms with E-state index < -0.39 is 0 Å². The highest BCUT2D eigenvalue weighted by Crippen LogP contribution is 2.40. The molecule has 0 aliphatic heterocycles. The number of fused-ring (bicyclic) bond motifs is 1. The number of aryl methyl sites for hydroxylation is 1. The van der Waals surface area contributed by atoms with Gasteiger partial charge in [0.1, 0.15) is 6.33 Å². The van der Waals surface area contributed by atoms with Crippen molar-refractivity contribution in [2.24, 2.45) is 0 Å². The summed E-state index contributed by atoms with van der Waals surface area (Å²) < 4.78 is 18.2. The number of imidazole rings is 1. The number of nitrogens with one attached hydrogen (secondary N) is 2. The second kappa shape index (κ2) is 11.5. The maximum Gasteiger partial charge on any atom is 0.241 e. The smallest absolute Gasteiger partial charge is 0.241 e. The van der Waals surface area contributed by atoms with E-state index in [0.717, 1.165) is 30.4 Å². The molecule has 0 spiro atoms. The maximum absolute atomic E-state index is 5.46. The minimum absolute atomic E-state index is 0.358. The number of para-hydroxylation sites is 2. The van der Waals surface area contributed by atoms with Crippen LogP contribution in [0.2, 0.25) is 0 Å². The van der Waals surface area contributed by atoms with E-state index in [0.29, 0.717) is 40.8 Å². The van der Waals surface area contributed by atoms with E-state index in [1.807, 2.05) is 34.9 Å². The van der Waals surface area contributed by atoms with Crippen molar-refractivity contribution in [2.75, 3.05) is 38.5 Å². The molecule has 5 aromatic rings. The van der Waals surface area contributed by atoms with Crippen LogP contribution >= 0.6 is 0 Å². The Labute approximate surface area is 220 Å². The van der Waals surface area contributed by atoms with E-state index in [1.165, 1.54) is 11.9 Å². The first-order valence-electron chi connectivity index (χ1n) is 12.2. The number of ether oxygens (including phenoxy) is 3. The van der Waals surface area contributed by atoms with E-state index in [-0.39, 0.29) is 0 Å². The number of nitrogens with zero attached hydrogens (tertiary/aromatic N) is 5. The zero-order valence-electron chi connectivity index (χ0n) is 21.5. The predicted octanol–water partition coefficient (Wildman–Crippen LogP) is 5.02. The second-order valence-electron chi connectivity index (χ2n) is 8.42. The average molecular weight is 512 g/mol. The lowest BCUT2D eigenvalue weighted by atomic mass is 10.1. The first kappa shape index (κ1) is 24.8. The summed E-state index contributed by atoms with van der Waals surface area (Å²) in [6, 6.07) is 21.9. The van der Waals surface area contributed by atoms with Gasteiger partial charge in [0, 0.05) is 24.4 Å². The summed E-state index contributed by atoms with van der Waals surface area (Å²) >= 11 is 0. The molecule has 0 amide bonds. The molecule has 194 valence electrons. The van der Waals surface area contributed by atoms with E-state index in [4.69, 9.17) is 19.2 Å². The van der Waals surface area contributed by atoms with Crippen molar-refractivity contribution >= 4 is 28.6 Å². The van der Waals surface area contributed by atoms with Crippen molar-refractivity contribution in [3.8, 4) is 23.2 Å². The highest BCUT2D eigenvalue weighted by molar-refractivity contribution is 5.80. The van der Waals surface area contributed by atoms with E-state index in [2.05, 4.69) is 49.9 Å². The summed E-state index contributed by atoms with van der Waals surface area (Å²) in [4.78, 5) is 18.3. The zero-order valence-corrected chi connectivity index (χ0v) is 21.5. The molecule has 38 heavy (non-hydrogen) atoms. The van der Waals surface area contributed by atoms with Crippen LogP contribution in [-0.4, -0.2) is 52.4 Å². The molecular weight excluding hydrogens is 482 g/mol. The lowest BCUT2D eigenvalue weighted by molar-refractivity contribution is 0.324. The highest BCUT2D eigenvalue weighted by atomic mass is 16.5. The van der Waals surface area contributed by atoms with Gasteiger partial charge in [-0.05, 0) is 30.5 Å². The third-order valence-corrected chi connectivity index (χ3v) is 6.01. The predicted molar refractivity (Wildman–Crippen MR) is 147 cm³/mol. The molecule has 10 heteroatoms. The SMILES string of the molecule is COc1cc(Nc2ncnc(-n3c(NCCCc4ccccc4)nc4ccccc43)n2)cc(OC)c1OC. The van der Waals surface area contributed by atoms with E-state index in [9.17, 15) is 0 Å². The van der Waals surface area contributed by atoms with Crippen molar-refractivity contribution in [1.29, 1.82) is 0 Å². The van der Waals surface area contributed by atoms with Gasteiger partial charge in [-0.25, -0.2) is 19.5 Å². The fourth-order valence-corrected chi connectivity index (χ4v) is 4.22. The fraction of sp³-hybridized carbons (Fsp3) is 0.214. The normalized spacial score (nSPS) is 10.8. The number of methoxy groups -OCH3 is 3. The average Bonchev–Trinajstić information content (AvgIpc) is 3.33. The zero-order chi connectivity index (χ0) is 26.3. The van der Waals surface area contributed by atoms with Gasteiger partial charge in [-0.15, -0.1) is 0 Å². The Kier molecular flexibility index (Phi) is 7.49. The molecule has 0 atom stereocenters. The molecule has 0 fully saturated rings. The number of rotatable bonds is 11. The summed E-state index contributed by atoms with van der Waals surface area (Å²) in [5.41, 5.74) is 3.72. The van der Waals surface area contributed by atoms with Crippen LogP contribution in [0.1, 0.15) is 12.0 Å². The Bertz CT molecular complexity index is 1500. The third kappa shape index (κ3) is 5.29. The van der Waals surface area contributed by atoms with Crippen LogP contribution in [0.5, 0.6) is 17.2 Å². The minimum Gasteiger partial charge on any atom is -0.493 e. The molecule has 3 aromatic carbocycles. The van der Waals surface area contributed by atoms with Crippen LogP contribution in [0.3, 0.4) is 0 Å². The van der Waals surface area contributed by atoms with Crippen molar-refractivity contribution in [3.63, 3.8) is 0 Å². The molecular formula is C28H29N7O3. The molecule has 0 saturated heterocycles. The largest absolute Gasteiger partial charge is 0.493 e. The Morgan fingerprint density at radius 3 is 2.29 bits per heavy atom. The molecule has 2 aromatic heterocycles. The number of anilines is 3. The van der Waals surface area contributed by atoms with Gasteiger partial charge < -0.3 is 24.8 Å². The van der Waals surface area contributed by atoms with Gasteiger partial charge in [0.15, 0.2) is 11.5 Å². The maximum atomic E-state index is 5.46. The van der Waals surface area contributed by atoms with Gasteiger partial charge in [0.05, 0.1) is 32.4 Å². The summed E-state index contributed by atoms with van der Waals surface area (Å²) in [6.07, 6.45) is 3.40. The number of hydrogen-bond donors (Lipinski definition) is 2. The Morgan fingerprint density at radius 2 is 1.55 bits per heavy atom. The monoisotopic (exact) mass is 511 g/mol. The van der Waals surface area contributed by atoms with E-state index in [1.54, 1.807) is 33.5 Å². The molecule has 0 unspecified atom stereocenters. The van der Waals surface area contributed by atoms with Gasteiger partial charge in [-0.1, -0.05) is 42.5 Å². The molecule has 0 saturated carbocycles. The molecule has 10 nitrogen and oxygen atoms in total. The minimum atomic E-state index is 0.358. The fourth-order valence-electron chi connectivity index (χ4n) is 4.22. The summed E-state index contributed by atoms with van der Waals surface area (Å²) in [5.74, 6) is 3.01. The molecule has 0 aliphatic rings. The van der Waals surface area contributed by atoms with E-state index >= 15 is 0 Å². The van der Waals surface area contributed by atoms with Crippen molar-refractivity contribution < 1.29 is 14.2 Å². The number of benzene rings is 3. The molecule has 5 rings (SSSR count). The first-order chi connectivity index (χ1) is 18.7. The summed E-state index contributed by atoms with van der Waals surface area (Å²) in [5, 5.41) is 6.68. The van der Waals surface area contributed by atoms with Gasteiger partial charge in [0.2, 0.25) is 23.6 Å². The van der Waals surface area contributed by atoms with Gasteiger partial charge >= 0.3 is 0 Å².